The molecule has 6 heteroatoms. The van der Waals surface area contributed by atoms with Crippen molar-refractivity contribution >= 4 is 11.8 Å². The van der Waals surface area contributed by atoms with E-state index in [1.807, 2.05) is 31.2 Å². The third-order valence-corrected chi connectivity index (χ3v) is 3.99. The van der Waals surface area contributed by atoms with Crippen molar-refractivity contribution in [2.45, 2.75) is 26.2 Å². The Balaban J connectivity index is 1.78. The van der Waals surface area contributed by atoms with Crippen molar-refractivity contribution in [2.24, 2.45) is 0 Å². The fourth-order valence-electron chi connectivity index (χ4n) is 2.36. The van der Waals surface area contributed by atoms with Crippen LogP contribution >= 0.6 is 0 Å². The van der Waals surface area contributed by atoms with E-state index in [4.69, 9.17) is 0 Å². The third-order valence-electron chi connectivity index (χ3n) is 3.99. The van der Waals surface area contributed by atoms with Gasteiger partial charge in [-0.1, -0.05) is 31.2 Å². The zero-order valence-electron chi connectivity index (χ0n) is 14.5. The Labute approximate surface area is 147 Å². The number of hydrogen-bond donors (Lipinski definition) is 3. The molecule has 2 rings (SSSR count). The predicted octanol–water partition coefficient (Wildman–Crippen LogP) is 2.00. The largest absolute Gasteiger partial charge is 0.505 e. The molecule has 0 aliphatic heterocycles. The summed E-state index contributed by atoms with van der Waals surface area (Å²) in [4.78, 5) is 27.9. The molecule has 0 aliphatic rings. The van der Waals surface area contributed by atoms with Crippen molar-refractivity contribution in [1.82, 2.24) is 15.6 Å². The quantitative estimate of drug-likeness (QED) is 0.672. The highest BCUT2D eigenvalue weighted by molar-refractivity contribution is 5.94. The number of hydrogen-bond acceptors (Lipinski definition) is 4. The average Bonchev–Trinajstić information content (AvgIpc) is 2.64. The fourth-order valence-corrected chi connectivity index (χ4v) is 2.36. The molecule has 0 radical (unpaired) electrons. The predicted molar refractivity (Wildman–Crippen MR) is 95.5 cm³/mol. The smallest absolute Gasteiger partial charge is 0.273 e. The van der Waals surface area contributed by atoms with Crippen molar-refractivity contribution in [2.75, 3.05) is 13.1 Å². The molecule has 0 spiro atoms. The molecule has 0 fully saturated rings. The lowest BCUT2D eigenvalue weighted by atomic mass is 9.98. The molecule has 2 amide bonds. The molecule has 0 saturated carbocycles. The second-order valence-electron chi connectivity index (χ2n) is 5.73. The highest BCUT2D eigenvalue weighted by Crippen LogP contribution is 2.16. The summed E-state index contributed by atoms with van der Waals surface area (Å²) >= 11 is 0. The van der Waals surface area contributed by atoms with Crippen molar-refractivity contribution in [1.29, 1.82) is 0 Å². The Morgan fingerprint density at radius 2 is 1.80 bits per heavy atom. The number of benzene rings is 1. The Morgan fingerprint density at radius 1 is 1.12 bits per heavy atom. The molecule has 3 N–H and O–H groups in total. The van der Waals surface area contributed by atoms with Gasteiger partial charge in [-0.3, -0.25) is 9.59 Å². The number of amides is 2. The lowest BCUT2D eigenvalue weighted by Crippen LogP contribution is -2.36. The maximum Gasteiger partial charge on any atom is 0.273 e. The van der Waals surface area contributed by atoms with E-state index in [1.165, 1.54) is 17.8 Å². The summed E-state index contributed by atoms with van der Waals surface area (Å²) in [5.41, 5.74) is 2.16. The van der Waals surface area contributed by atoms with E-state index in [1.54, 1.807) is 6.07 Å². The highest BCUT2D eigenvalue weighted by Gasteiger charge is 2.15. The van der Waals surface area contributed by atoms with Crippen LogP contribution in [0.25, 0.3) is 0 Å². The number of aromatic nitrogens is 1. The maximum absolute atomic E-state index is 12.2. The van der Waals surface area contributed by atoms with Gasteiger partial charge in [-0.15, -0.1) is 0 Å². The third kappa shape index (κ3) is 5.04. The molecule has 1 heterocycles. The first-order valence-electron chi connectivity index (χ1n) is 8.31. The van der Waals surface area contributed by atoms with Gasteiger partial charge in [0, 0.05) is 19.3 Å². The Bertz CT molecular complexity index is 729. The molecule has 1 aromatic carbocycles. The standard InChI is InChI=1S/C19H23N3O3/c1-3-14-6-8-15(9-7-14)13(2)18(24)21-11-12-22-19(25)17-16(23)5-4-10-20-17/h4-10,13,23H,3,11-12H2,1-2H3,(H,21,24)(H,22,25). The van der Waals surface area contributed by atoms with Crippen LogP contribution in [0.3, 0.4) is 0 Å². The second-order valence-corrected chi connectivity index (χ2v) is 5.73. The summed E-state index contributed by atoms with van der Waals surface area (Å²) in [6, 6.07) is 10.9. The van der Waals surface area contributed by atoms with Gasteiger partial charge in [0.05, 0.1) is 5.92 Å². The van der Waals surface area contributed by atoms with Crippen molar-refractivity contribution in [3.63, 3.8) is 0 Å². The number of aryl methyl sites for hydroxylation is 1. The van der Waals surface area contributed by atoms with Crippen LogP contribution in [-0.4, -0.2) is 35.0 Å². The normalized spacial score (nSPS) is 11.6. The lowest BCUT2D eigenvalue weighted by molar-refractivity contribution is -0.122. The van der Waals surface area contributed by atoms with Crippen LogP contribution in [-0.2, 0) is 11.2 Å². The first kappa shape index (κ1) is 18.4. The van der Waals surface area contributed by atoms with Crippen LogP contribution in [0.4, 0.5) is 0 Å². The minimum atomic E-state index is -0.476. The minimum Gasteiger partial charge on any atom is -0.505 e. The SMILES string of the molecule is CCc1ccc(C(C)C(=O)NCCNC(=O)c2ncccc2O)cc1. The van der Waals surface area contributed by atoms with Crippen molar-refractivity contribution in [3.05, 3.63) is 59.4 Å². The summed E-state index contributed by atoms with van der Waals surface area (Å²) in [6.45, 7) is 4.49. The van der Waals surface area contributed by atoms with Gasteiger partial charge < -0.3 is 15.7 Å². The van der Waals surface area contributed by atoms with Crippen molar-refractivity contribution in [3.8, 4) is 5.75 Å². The number of carbonyl (C=O) groups is 2. The number of pyridine rings is 1. The molecule has 1 aromatic heterocycles. The zero-order chi connectivity index (χ0) is 18.2. The van der Waals surface area contributed by atoms with Crippen LogP contribution in [0, 0.1) is 0 Å². The molecule has 1 atom stereocenters. The maximum atomic E-state index is 12.2. The molecule has 6 nitrogen and oxygen atoms in total. The van der Waals surface area contributed by atoms with Gasteiger partial charge in [0.1, 0.15) is 5.75 Å². The van der Waals surface area contributed by atoms with Crippen molar-refractivity contribution < 1.29 is 14.7 Å². The van der Waals surface area contributed by atoms with Gasteiger partial charge in [0.15, 0.2) is 5.69 Å². The first-order chi connectivity index (χ1) is 12.0. The van der Waals surface area contributed by atoms with Crippen LogP contribution in [0.2, 0.25) is 0 Å². The van der Waals surface area contributed by atoms with E-state index >= 15 is 0 Å². The number of carbonyl (C=O) groups excluding carboxylic acids is 2. The summed E-state index contributed by atoms with van der Waals surface area (Å²) in [5.74, 6) is -1.01. The molecular weight excluding hydrogens is 318 g/mol. The zero-order valence-corrected chi connectivity index (χ0v) is 14.5. The van der Waals surface area contributed by atoms with Gasteiger partial charge >= 0.3 is 0 Å². The molecule has 0 aliphatic carbocycles. The summed E-state index contributed by atoms with van der Waals surface area (Å²) in [7, 11) is 0. The Hall–Kier alpha value is -2.89. The molecule has 2 aromatic rings. The molecular formula is C19H23N3O3. The van der Waals surface area contributed by atoms with Crippen LogP contribution < -0.4 is 10.6 Å². The minimum absolute atomic E-state index is 0.0294. The van der Waals surface area contributed by atoms with Gasteiger partial charge in [-0.25, -0.2) is 4.98 Å². The Morgan fingerprint density at radius 3 is 2.44 bits per heavy atom. The number of aromatic hydroxyl groups is 1. The number of nitrogens with zero attached hydrogens (tertiary/aromatic N) is 1. The van der Waals surface area contributed by atoms with Gasteiger partial charge in [0.25, 0.3) is 5.91 Å². The monoisotopic (exact) mass is 341 g/mol. The van der Waals surface area contributed by atoms with E-state index < -0.39 is 5.91 Å². The molecule has 132 valence electrons. The van der Waals surface area contributed by atoms with E-state index in [0.29, 0.717) is 6.54 Å². The van der Waals surface area contributed by atoms with Gasteiger partial charge in [0.2, 0.25) is 5.91 Å². The second kappa shape index (κ2) is 8.82. The molecule has 0 saturated heterocycles. The average molecular weight is 341 g/mol. The van der Waals surface area contributed by atoms with E-state index in [0.717, 1.165) is 12.0 Å². The highest BCUT2D eigenvalue weighted by atomic mass is 16.3. The fraction of sp³-hybridized carbons (Fsp3) is 0.316. The molecule has 25 heavy (non-hydrogen) atoms. The summed E-state index contributed by atoms with van der Waals surface area (Å²) in [6.07, 6.45) is 2.40. The topological polar surface area (TPSA) is 91.3 Å². The van der Waals surface area contributed by atoms with Crippen LogP contribution in [0.5, 0.6) is 5.75 Å². The van der Waals surface area contributed by atoms with Crippen LogP contribution in [0.15, 0.2) is 42.6 Å². The molecule has 0 bridgehead atoms. The van der Waals surface area contributed by atoms with Crippen LogP contribution in [0.1, 0.15) is 41.4 Å². The number of rotatable bonds is 7. The summed E-state index contributed by atoms with van der Waals surface area (Å²) < 4.78 is 0. The van der Waals surface area contributed by atoms with E-state index in [2.05, 4.69) is 22.5 Å². The molecule has 1 unspecified atom stereocenters. The van der Waals surface area contributed by atoms with Gasteiger partial charge in [-0.2, -0.15) is 0 Å². The Kier molecular flexibility index (Phi) is 6.51. The van der Waals surface area contributed by atoms with E-state index in [-0.39, 0.29) is 29.8 Å². The summed E-state index contributed by atoms with van der Waals surface area (Å²) in [5, 5.41) is 15.0. The first-order valence-corrected chi connectivity index (χ1v) is 8.31. The van der Waals surface area contributed by atoms with Gasteiger partial charge in [-0.05, 0) is 36.6 Å². The number of nitrogens with one attached hydrogen (secondary N) is 2. The van der Waals surface area contributed by atoms with E-state index in [9.17, 15) is 14.7 Å². The lowest BCUT2D eigenvalue weighted by Gasteiger charge is -2.13.